The molecule has 0 spiro atoms. The zero-order valence-corrected chi connectivity index (χ0v) is 12.4. The second-order valence-electron chi connectivity index (χ2n) is 5.58. The minimum Gasteiger partial charge on any atom is -0.364 e. The van der Waals surface area contributed by atoms with Gasteiger partial charge in [0.25, 0.3) is 5.91 Å². The van der Waals surface area contributed by atoms with Crippen molar-refractivity contribution in [3.05, 3.63) is 22.8 Å². The van der Waals surface area contributed by atoms with Gasteiger partial charge in [-0.05, 0) is 38.8 Å². The van der Waals surface area contributed by atoms with Crippen molar-refractivity contribution in [1.82, 2.24) is 15.3 Å². The Balaban J connectivity index is 1.94. The average Bonchev–Trinajstić information content (AvgIpc) is 2.80. The Morgan fingerprint density at radius 1 is 1.30 bits per heavy atom. The normalized spacial score (nSPS) is 26.8. The van der Waals surface area contributed by atoms with E-state index >= 15 is 0 Å². The molecule has 0 aromatic carbocycles. The van der Waals surface area contributed by atoms with Crippen LogP contribution in [0.3, 0.4) is 0 Å². The number of rotatable bonds is 2. The lowest BCUT2D eigenvalue weighted by Crippen LogP contribution is -2.41. The largest absolute Gasteiger partial charge is 0.364 e. The first kappa shape index (κ1) is 13.5. The molecule has 3 heterocycles. The summed E-state index contributed by atoms with van der Waals surface area (Å²) in [6.07, 6.45) is 2.18. The highest BCUT2D eigenvalue weighted by Gasteiger charge is 2.25. The van der Waals surface area contributed by atoms with Gasteiger partial charge in [-0.25, -0.2) is 9.97 Å². The van der Waals surface area contributed by atoms with E-state index in [0.29, 0.717) is 23.0 Å². The van der Waals surface area contributed by atoms with Gasteiger partial charge in [-0.15, -0.1) is 0 Å². The summed E-state index contributed by atoms with van der Waals surface area (Å²) >= 11 is 1.27. The molecule has 3 N–H and O–H groups in total. The fourth-order valence-electron chi connectivity index (χ4n) is 2.98. The number of carbonyl (C=O) groups excluding carboxylic acids is 1. The Bertz CT molecular complexity index is 644. The Kier molecular flexibility index (Phi) is 3.43. The molecule has 106 valence electrons. The molecule has 20 heavy (non-hydrogen) atoms. The number of amides is 1. The first-order valence-electron chi connectivity index (χ1n) is 6.86. The molecule has 3 rings (SSSR count). The number of primary amides is 1. The highest BCUT2D eigenvalue weighted by Crippen LogP contribution is 2.31. The lowest BCUT2D eigenvalue weighted by atomic mass is 9.86. The summed E-state index contributed by atoms with van der Waals surface area (Å²) in [5.74, 6) is -0.0246. The van der Waals surface area contributed by atoms with Crippen molar-refractivity contribution < 1.29 is 4.79 Å². The quantitative estimate of drug-likeness (QED) is 0.887. The zero-order valence-electron chi connectivity index (χ0n) is 11.6. The third-order valence-electron chi connectivity index (χ3n) is 3.75. The fourth-order valence-corrected chi connectivity index (χ4v) is 3.77. The summed E-state index contributed by atoms with van der Waals surface area (Å²) in [6.45, 7) is 4.41. The number of thiazole rings is 1. The van der Waals surface area contributed by atoms with Crippen LogP contribution in [0.2, 0.25) is 0 Å². The van der Waals surface area contributed by atoms with Gasteiger partial charge in [0.15, 0.2) is 5.01 Å². The second kappa shape index (κ2) is 5.10. The van der Waals surface area contributed by atoms with Crippen LogP contribution in [0.1, 0.15) is 48.1 Å². The zero-order chi connectivity index (χ0) is 14.3. The van der Waals surface area contributed by atoms with E-state index in [2.05, 4.69) is 24.1 Å². The highest BCUT2D eigenvalue weighted by atomic mass is 32.1. The Labute approximate surface area is 121 Å². The van der Waals surface area contributed by atoms with Gasteiger partial charge in [0, 0.05) is 23.7 Å². The van der Waals surface area contributed by atoms with Crippen LogP contribution in [-0.4, -0.2) is 28.0 Å². The van der Waals surface area contributed by atoms with E-state index in [0.717, 1.165) is 28.9 Å². The van der Waals surface area contributed by atoms with Crippen LogP contribution in [0, 0.1) is 0 Å². The maximum Gasteiger partial charge on any atom is 0.277 e. The number of fused-ring (bicyclic) bond motifs is 1. The number of pyridine rings is 1. The minimum absolute atomic E-state index is 0.330. The number of nitrogens with two attached hydrogens (primary N) is 1. The lowest BCUT2D eigenvalue weighted by molar-refractivity contribution is 0.1000. The molecule has 0 aliphatic carbocycles. The third kappa shape index (κ3) is 2.53. The predicted molar refractivity (Wildman–Crippen MR) is 80.0 cm³/mol. The van der Waals surface area contributed by atoms with Crippen LogP contribution in [-0.2, 0) is 0 Å². The van der Waals surface area contributed by atoms with Gasteiger partial charge < -0.3 is 11.1 Å². The van der Waals surface area contributed by atoms with E-state index in [9.17, 15) is 4.79 Å². The van der Waals surface area contributed by atoms with E-state index in [-0.39, 0.29) is 0 Å². The minimum atomic E-state index is -0.487. The van der Waals surface area contributed by atoms with Crippen molar-refractivity contribution >= 4 is 27.6 Å². The Morgan fingerprint density at radius 3 is 2.65 bits per heavy atom. The van der Waals surface area contributed by atoms with Gasteiger partial charge >= 0.3 is 0 Å². The first-order chi connectivity index (χ1) is 9.52. The molecule has 2 aromatic rings. The molecule has 1 fully saturated rings. The molecule has 1 aliphatic rings. The van der Waals surface area contributed by atoms with Gasteiger partial charge in [-0.1, -0.05) is 11.3 Å². The molecule has 0 bridgehead atoms. The molecule has 2 atom stereocenters. The Hall–Kier alpha value is -1.53. The van der Waals surface area contributed by atoms with Crippen LogP contribution in [0.25, 0.3) is 10.3 Å². The van der Waals surface area contributed by atoms with Crippen LogP contribution in [0.5, 0.6) is 0 Å². The SMILES string of the molecule is CC1CC(c2ccc3nc(C(N)=O)sc3n2)CC(C)N1. The smallest absolute Gasteiger partial charge is 0.277 e. The molecule has 1 saturated heterocycles. The van der Waals surface area contributed by atoms with Crippen molar-refractivity contribution in [2.24, 2.45) is 5.73 Å². The van der Waals surface area contributed by atoms with Crippen molar-refractivity contribution in [3.8, 4) is 0 Å². The van der Waals surface area contributed by atoms with E-state index in [1.54, 1.807) is 0 Å². The van der Waals surface area contributed by atoms with E-state index in [4.69, 9.17) is 10.7 Å². The van der Waals surface area contributed by atoms with Crippen LogP contribution in [0.4, 0.5) is 0 Å². The molecule has 6 heteroatoms. The van der Waals surface area contributed by atoms with Crippen LogP contribution < -0.4 is 11.1 Å². The number of hydrogen-bond donors (Lipinski definition) is 2. The Morgan fingerprint density at radius 2 is 2.00 bits per heavy atom. The maximum absolute atomic E-state index is 11.2. The number of nitrogens with one attached hydrogen (secondary N) is 1. The molecule has 0 saturated carbocycles. The molecule has 1 amide bonds. The van der Waals surface area contributed by atoms with Crippen molar-refractivity contribution in [1.29, 1.82) is 0 Å². The van der Waals surface area contributed by atoms with Crippen LogP contribution >= 0.6 is 11.3 Å². The summed E-state index contributed by atoms with van der Waals surface area (Å²) in [6, 6.07) is 4.98. The van der Waals surface area contributed by atoms with Crippen LogP contribution in [0.15, 0.2) is 12.1 Å². The van der Waals surface area contributed by atoms with Gasteiger partial charge in [0.05, 0.1) is 0 Å². The van der Waals surface area contributed by atoms with Crippen molar-refractivity contribution in [3.63, 3.8) is 0 Å². The number of aromatic nitrogens is 2. The molecule has 1 aliphatic heterocycles. The van der Waals surface area contributed by atoms with E-state index < -0.39 is 5.91 Å². The standard InChI is InChI=1S/C14H18N4OS/c1-7-5-9(6-8(2)16-7)10-3-4-11-13(17-10)20-14(18-11)12(15)19/h3-4,7-9,16H,5-6H2,1-2H3,(H2,15,19). The molecular formula is C14H18N4OS. The maximum atomic E-state index is 11.2. The summed E-state index contributed by atoms with van der Waals surface area (Å²) < 4.78 is 0. The molecule has 0 radical (unpaired) electrons. The van der Waals surface area contributed by atoms with Gasteiger partial charge in [-0.3, -0.25) is 4.79 Å². The topological polar surface area (TPSA) is 80.9 Å². The third-order valence-corrected chi connectivity index (χ3v) is 4.73. The molecular weight excluding hydrogens is 272 g/mol. The first-order valence-corrected chi connectivity index (χ1v) is 7.68. The summed E-state index contributed by atoms with van der Waals surface area (Å²) in [5, 5.41) is 3.87. The van der Waals surface area contributed by atoms with Crippen molar-refractivity contribution in [2.75, 3.05) is 0 Å². The number of hydrogen-bond acceptors (Lipinski definition) is 5. The molecule has 2 aromatic heterocycles. The monoisotopic (exact) mass is 290 g/mol. The van der Waals surface area contributed by atoms with E-state index in [1.165, 1.54) is 11.3 Å². The average molecular weight is 290 g/mol. The van der Waals surface area contributed by atoms with E-state index in [1.807, 2.05) is 12.1 Å². The summed E-state index contributed by atoms with van der Waals surface area (Å²) in [5.41, 5.74) is 7.11. The number of nitrogens with zero attached hydrogens (tertiary/aromatic N) is 2. The molecule has 2 unspecified atom stereocenters. The number of carbonyl (C=O) groups is 1. The van der Waals surface area contributed by atoms with Gasteiger partial charge in [-0.2, -0.15) is 0 Å². The van der Waals surface area contributed by atoms with Crippen molar-refractivity contribution in [2.45, 2.75) is 44.7 Å². The lowest BCUT2D eigenvalue weighted by Gasteiger charge is -2.32. The summed E-state index contributed by atoms with van der Waals surface area (Å²) in [7, 11) is 0. The van der Waals surface area contributed by atoms with Gasteiger partial charge in [0.2, 0.25) is 0 Å². The second-order valence-corrected chi connectivity index (χ2v) is 6.56. The fraction of sp³-hybridized carbons (Fsp3) is 0.500. The highest BCUT2D eigenvalue weighted by molar-refractivity contribution is 7.19. The van der Waals surface area contributed by atoms with Gasteiger partial charge in [0.1, 0.15) is 10.3 Å². The molecule has 5 nitrogen and oxygen atoms in total. The predicted octanol–water partition coefficient (Wildman–Crippen LogP) is 2.03. The number of piperidine rings is 1. The summed E-state index contributed by atoms with van der Waals surface area (Å²) in [4.78, 5) is 20.9.